The van der Waals surface area contributed by atoms with Crippen LogP contribution in [0, 0.1) is 0 Å². The topological polar surface area (TPSA) is 32.3 Å². The molecule has 2 nitrogen and oxygen atoms in total. The lowest BCUT2D eigenvalue weighted by molar-refractivity contribution is -0.162. The molecule has 0 unspecified atom stereocenters. The number of nitrogens with one attached hydrogen (secondary N) is 1. The minimum absolute atomic E-state index is 0.462. The summed E-state index contributed by atoms with van der Waals surface area (Å²) >= 11 is 0. The van der Waals surface area contributed by atoms with Crippen LogP contribution in [0.25, 0.3) is 0 Å². The Morgan fingerprint density at radius 3 is 2.11 bits per heavy atom. The molecule has 0 spiro atoms. The normalized spacial score (nSPS) is 14.5. The van der Waals surface area contributed by atoms with Crippen molar-refractivity contribution in [3.05, 3.63) is 35.4 Å². The fraction of sp³-hybridized carbons (Fsp3) is 0.455. The van der Waals surface area contributed by atoms with Crippen LogP contribution in [0.4, 0.5) is 26.3 Å². The van der Waals surface area contributed by atoms with Crippen molar-refractivity contribution in [3.63, 3.8) is 0 Å². The highest BCUT2D eigenvalue weighted by Crippen LogP contribution is 2.40. The first kappa shape index (κ1) is 15.8. The first-order valence-corrected chi connectivity index (χ1v) is 5.25. The van der Waals surface area contributed by atoms with Crippen LogP contribution in [0.2, 0.25) is 0 Å². The summed E-state index contributed by atoms with van der Waals surface area (Å²) in [5, 5.41) is 10.4. The van der Waals surface area contributed by atoms with Gasteiger partial charge in [0.2, 0.25) is 0 Å². The molecular weight excluding hydrogens is 276 g/mol. The van der Waals surface area contributed by atoms with Gasteiger partial charge in [0.1, 0.15) is 6.04 Å². The monoisotopic (exact) mass is 287 g/mol. The van der Waals surface area contributed by atoms with Crippen LogP contribution in [-0.4, -0.2) is 24.4 Å². The maximum absolute atomic E-state index is 12.8. The number of benzene rings is 1. The van der Waals surface area contributed by atoms with Gasteiger partial charge in [-0.3, -0.25) is 0 Å². The van der Waals surface area contributed by atoms with E-state index >= 15 is 0 Å². The van der Waals surface area contributed by atoms with Crippen molar-refractivity contribution in [3.8, 4) is 0 Å². The van der Waals surface area contributed by atoms with Gasteiger partial charge in [-0.25, -0.2) is 0 Å². The zero-order valence-electron chi connectivity index (χ0n) is 9.52. The number of aliphatic hydroxyl groups excluding tert-OH is 1. The number of hydrogen-bond donors (Lipinski definition) is 2. The molecule has 0 aliphatic carbocycles. The number of hydrogen-bond acceptors (Lipinski definition) is 2. The molecule has 1 aromatic rings. The molecule has 1 aromatic carbocycles. The van der Waals surface area contributed by atoms with Crippen molar-refractivity contribution >= 4 is 0 Å². The quantitative estimate of drug-likeness (QED) is 0.835. The van der Waals surface area contributed by atoms with E-state index in [-0.39, 0.29) is 0 Å². The Kier molecular flexibility index (Phi) is 4.81. The van der Waals surface area contributed by atoms with Gasteiger partial charge >= 0.3 is 12.4 Å². The Morgan fingerprint density at radius 1 is 1.05 bits per heavy atom. The van der Waals surface area contributed by atoms with Crippen LogP contribution in [0.3, 0.4) is 0 Å². The molecule has 0 radical (unpaired) electrons. The summed E-state index contributed by atoms with van der Waals surface area (Å²) in [4.78, 5) is 0. The molecule has 0 aliphatic rings. The van der Waals surface area contributed by atoms with Gasteiger partial charge in [0, 0.05) is 6.54 Å². The molecule has 1 atom stereocenters. The Hall–Kier alpha value is -1.28. The van der Waals surface area contributed by atoms with E-state index in [1.807, 2.05) is 5.32 Å². The zero-order valence-corrected chi connectivity index (χ0v) is 9.52. The van der Waals surface area contributed by atoms with Crippen LogP contribution in [0.15, 0.2) is 24.3 Å². The van der Waals surface area contributed by atoms with E-state index in [4.69, 9.17) is 5.11 Å². The fourth-order valence-corrected chi connectivity index (χ4v) is 1.62. The molecule has 8 heteroatoms. The van der Waals surface area contributed by atoms with Gasteiger partial charge in [-0.2, -0.15) is 26.3 Å². The molecule has 2 N–H and O–H groups in total. The molecule has 1 rings (SSSR count). The van der Waals surface area contributed by atoms with Crippen LogP contribution >= 0.6 is 0 Å². The number of aliphatic hydroxyl groups is 1. The van der Waals surface area contributed by atoms with Crippen molar-refractivity contribution in [2.75, 3.05) is 13.2 Å². The maximum atomic E-state index is 12.8. The highest BCUT2D eigenvalue weighted by molar-refractivity contribution is 5.33. The first-order chi connectivity index (χ1) is 8.68. The van der Waals surface area contributed by atoms with E-state index in [0.717, 1.165) is 18.2 Å². The molecule has 0 fully saturated rings. The Morgan fingerprint density at radius 2 is 1.63 bits per heavy atom. The van der Waals surface area contributed by atoms with Gasteiger partial charge in [-0.15, -0.1) is 0 Å². The van der Waals surface area contributed by atoms with Gasteiger partial charge in [-0.05, 0) is 11.6 Å². The number of rotatable bonds is 4. The third-order valence-electron chi connectivity index (χ3n) is 2.36. The second-order valence-corrected chi connectivity index (χ2v) is 3.74. The SMILES string of the molecule is OCCN[C@H](c1ccccc1C(F)(F)F)C(F)(F)F. The number of alkyl halides is 6. The minimum Gasteiger partial charge on any atom is -0.395 e. The van der Waals surface area contributed by atoms with E-state index in [1.54, 1.807) is 0 Å². The van der Waals surface area contributed by atoms with E-state index in [1.165, 1.54) is 0 Å². The van der Waals surface area contributed by atoms with E-state index < -0.39 is 42.7 Å². The predicted octanol–water partition coefficient (Wildman–Crippen LogP) is 2.89. The van der Waals surface area contributed by atoms with Crippen LogP contribution in [0.1, 0.15) is 17.2 Å². The zero-order chi connectivity index (χ0) is 14.7. The van der Waals surface area contributed by atoms with Gasteiger partial charge in [-0.1, -0.05) is 18.2 Å². The molecule has 0 aliphatic heterocycles. The van der Waals surface area contributed by atoms with Crippen molar-refractivity contribution in [1.82, 2.24) is 5.32 Å². The van der Waals surface area contributed by atoms with Crippen molar-refractivity contribution in [2.24, 2.45) is 0 Å². The maximum Gasteiger partial charge on any atom is 0.416 e. The largest absolute Gasteiger partial charge is 0.416 e. The summed E-state index contributed by atoms with van der Waals surface area (Å²) in [6.45, 7) is -1.07. The highest BCUT2D eigenvalue weighted by atomic mass is 19.4. The Labute approximate surface area is 105 Å². The third-order valence-corrected chi connectivity index (χ3v) is 2.36. The molecular formula is C11H11F6NO. The average molecular weight is 287 g/mol. The minimum atomic E-state index is -4.89. The summed E-state index contributed by atoms with van der Waals surface area (Å²) in [6, 6.07) is 1.01. The lowest BCUT2D eigenvalue weighted by Crippen LogP contribution is -2.37. The highest BCUT2D eigenvalue weighted by Gasteiger charge is 2.45. The second kappa shape index (κ2) is 5.79. The second-order valence-electron chi connectivity index (χ2n) is 3.74. The molecule has 0 saturated heterocycles. The average Bonchev–Trinajstić information content (AvgIpc) is 2.27. The van der Waals surface area contributed by atoms with Crippen LogP contribution in [-0.2, 0) is 6.18 Å². The lowest BCUT2D eigenvalue weighted by Gasteiger charge is -2.24. The van der Waals surface area contributed by atoms with Gasteiger partial charge < -0.3 is 10.4 Å². The Bertz CT molecular complexity index is 414. The van der Waals surface area contributed by atoms with Gasteiger partial charge in [0.25, 0.3) is 0 Å². The van der Waals surface area contributed by atoms with E-state index in [9.17, 15) is 26.3 Å². The number of halogens is 6. The third kappa shape index (κ3) is 4.10. The van der Waals surface area contributed by atoms with Crippen LogP contribution < -0.4 is 5.32 Å². The molecule has 0 saturated carbocycles. The summed E-state index contributed by atoms with van der Waals surface area (Å²) in [5.74, 6) is 0. The van der Waals surface area contributed by atoms with Gasteiger partial charge in [0.15, 0.2) is 0 Å². The lowest BCUT2D eigenvalue weighted by atomic mass is 9.99. The molecule has 0 amide bonds. The molecule has 0 bridgehead atoms. The summed E-state index contributed by atoms with van der Waals surface area (Å²) in [7, 11) is 0. The molecule has 108 valence electrons. The van der Waals surface area contributed by atoms with Crippen molar-refractivity contribution < 1.29 is 31.4 Å². The van der Waals surface area contributed by atoms with Crippen molar-refractivity contribution in [2.45, 2.75) is 18.4 Å². The fourth-order valence-electron chi connectivity index (χ4n) is 1.62. The molecule has 0 aromatic heterocycles. The Balaban J connectivity index is 3.23. The van der Waals surface area contributed by atoms with Crippen LogP contribution in [0.5, 0.6) is 0 Å². The standard InChI is InChI=1S/C11H11F6NO/c12-10(13,14)8-4-2-1-3-7(8)9(11(15,16)17)18-5-6-19/h1-4,9,18-19H,5-6H2/t9-/m1/s1. The molecule has 19 heavy (non-hydrogen) atoms. The van der Waals surface area contributed by atoms with E-state index in [0.29, 0.717) is 6.07 Å². The smallest absolute Gasteiger partial charge is 0.395 e. The predicted molar refractivity (Wildman–Crippen MR) is 55.3 cm³/mol. The van der Waals surface area contributed by atoms with Gasteiger partial charge in [0.05, 0.1) is 12.2 Å². The first-order valence-electron chi connectivity index (χ1n) is 5.25. The van der Waals surface area contributed by atoms with Crippen molar-refractivity contribution in [1.29, 1.82) is 0 Å². The molecule has 0 heterocycles. The van der Waals surface area contributed by atoms with E-state index in [2.05, 4.69) is 0 Å². The summed E-state index contributed by atoms with van der Waals surface area (Å²) in [6.07, 6.45) is -9.77. The summed E-state index contributed by atoms with van der Waals surface area (Å²) in [5.41, 5.74) is -2.25. The summed E-state index contributed by atoms with van der Waals surface area (Å²) < 4.78 is 76.4.